The highest BCUT2D eigenvalue weighted by Crippen LogP contribution is 1.72. The van der Waals surface area contributed by atoms with Gasteiger partial charge in [-0.15, -0.1) is 0 Å². The minimum Gasteiger partial charge on any atom is -0.464 e. The van der Waals surface area contributed by atoms with E-state index in [0.29, 0.717) is 0 Å². The largest absolute Gasteiger partial charge is 0.617 e. The normalized spacial score (nSPS) is 8.00. The van der Waals surface area contributed by atoms with Gasteiger partial charge in [0.1, 0.15) is 0 Å². The third-order valence-electron chi connectivity index (χ3n) is 0.285. The maximum atomic E-state index is 9.76. The van der Waals surface area contributed by atoms with Crippen molar-refractivity contribution >= 4 is 22.2 Å². The van der Waals surface area contributed by atoms with E-state index in [1.807, 2.05) is 0 Å². The van der Waals surface area contributed by atoms with Crippen LogP contribution in [0.4, 0.5) is 9.59 Å². The highest BCUT2D eigenvalue weighted by Gasteiger charge is 2.01. The summed E-state index contributed by atoms with van der Waals surface area (Å²) in [5.74, 6) is 0. The van der Waals surface area contributed by atoms with Crippen LogP contribution in [0, 0.1) is 0 Å². The summed E-state index contributed by atoms with van der Waals surface area (Å²) in [7, 11) is -0.756. The Hall–Kier alpha value is -1.24. The molecule has 9 heavy (non-hydrogen) atoms. The summed E-state index contributed by atoms with van der Waals surface area (Å²) in [6.07, 6.45) is -2.01. The van der Waals surface area contributed by atoms with Crippen LogP contribution in [-0.2, 0) is 8.85 Å². The Morgan fingerprint density at radius 2 is 1.44 bits per heavy atom. The van der Waals surface area contributed by atoms with Gasteiger partial charge in [-0.3, -0.25) is 0 Å². The molecule has 0 aromatic carbocycles. The van der Waals surface area contributed by atoms with Gasteiger partial charge in [0.15, 0.2) is 0 Å². The molecule has 50 valence electrons. The third-order valence-corrected chi connectivity index (χ3v) is 0.854. The van der Waals surface area contributed by atoms with Crippen LogP contribution < -0.4 is 11.5 Å². The van der Waals surface area contributed by atoms with E-state index >= 15 is 0 Å². The van der Waals surface area contributed by atoms with Gasteiger partial charge in [-0.05, 0) is 0 Å². The summed E-state index contributed by atoms with van der Waals surface area (Å²) < 4.78 is 7.99. The monoisotopic (exact) mass is 148 g/mol. The summed E-state index contributed by atoms with van der Waals surface area (Å²) >= 11 is 0. The van der Waals surface area contributed by atoms with Crippen LogP contribution >= 0.6 is 0 Å². The van der Waals surface area contributed by atoms with E-state index in [9.17, 15) is 9.59 Å². The molecular weight excluding hydrogens is 144 g/mol. The standard InChI is InChI=1S/C2H4N2O4Si/c3-1(5)7-9-8-2(4)6/h(H2,3,5)(H2,4,6). The second-order valence-electron chi connectivity index (χ2n) is 0.926. The lowest BCUT2D eigenvalue weighted by molar-refractivity contribution is 0.190. The van der Waals surface area contributed by atoms with Crippen LogP contribution in [0.15, 0.2) is 0 Å². The topological polar surface area (TPSA) is 105 Å². The predicted octanol–water partition coefficient (Wildman–Crippen LogP) is -1.29. The van der Waals surface area contributed by atoms with Crippen molar-refractivity contribution in [3.8, 4) is 0 Å². The third kappa shape index (κ3) is 6.76. The maximum absolute atomic E-state index is 9.76. The zero-order valence-electron chi connectivity index (χ0n) is 4.29. The van der Waals surface area contributed by atoms with Gasteiger partial charge in [-0.25, -0.2) is 9.59 Å². The summed E-state index contributed by atoms with van der Waals surface area (Å²) in [4.78, 5) is 19.5. The molecule has 0 heterocycles. The van der Waals surface area contributed by atoms with Crippen LogP contribution in [0.3, 0.4) is 0 Å². The number of rotatable bonds is 2. The van der Waals surface area contributed by atoms with E-state index in [1.54, 1.807) is 0 Å². The summed E-state index contributed by atoms with van der Waals surface area (Å²) in [5, 5.41) is 0. The molecule has 0 aliphatic rings. The second-order valence-corrected chi connectivity index (χ2v) is 1.50. The van der Waals surface area contributed by atoms with Crippen LogP contribution in [-0.4, -0.2) is 22.2 Å². The fourth-order valence-electron chi connectivity index (χ4n) is 0.103. The highest BCUT2D eigenvalue weighted by molar-refractivity contribution is 6.25. The molecule has 0 atom stereocenters. The summed E-state index contributed by atoms with van der Waals surface area (Å²) in [6, 6.07) is 0. The SMILES string of the molecule is NC(=O)O[Si]OC(N)=O. The number of nitrogens with two attached hydrogens (primary N) is 2. The smallest absolute Gasteiger partial charge is 0.464 e. The molecule has 0 unspecified atom stereocenters. The minimum atomic E-state index is -1.01. The van der Waals surface area contributed by atoms with Crippen molar-refractivity contribution in [3.63, 3.8) is 0 Å². The quantitative estimate of drug-likeness (QED) is 0.475. The Labute approximate surface area is 53.2 Å². The van der Waals surface area contributed by atoms with Gasteiger partial charge in [0.2, 0.25) is 0 Å². The molecule has 0 saturated heterocycles. The number of hydrogen-bond acceptors (Lipinski definition) is 4. The van der Waals surface area contributed by atoms with Crippen molar-refractivity contribution in [1.82, 2.24) is 0 Å². The van der Waals surface area contributed by atoms with Crippen LogP contribution in [0.5, 0.6) is 0 Å². The van der Waals surface area contributed by atoms with Crippen molar-refractivity contribution in [2.24, 2.45) is 11.5 Å². The first-order valence-corrected chi connectivity index (χ1v) is 2.62. The molecule has 0 rings (SSSR count). The van der Waals surface area contributed by atoms with Crippen molar-refractivity contribution in [2.45, 2.75) is 0 Å². The molecule has 2 amide bonds. The Morgan fingerprint density at radius 3 is 1.67 bits per heavy atom. The Kier molecular flexibility index (Phi) is 3.21. The first kappa shape index (κ1) is 7.76. The second kappa shape index (κ2) is 3.72. The van der Waals surface area contributed by atoms with E-state index in [0.717, 1.165) is 0 Å². The van der Waals surface area contributed by atoms with Gasteiger partial charge in [-0.1, -0.05) is 0 Å². The molecule has 2 radical (unpaired) electrons. The highest BCUT2D eigenvalue weighted by atomic mass is 28.3. The zero-order chi connectivity index (χ0) is 7.28. The molecule has 0 bridgehead atoms. The average molecular weight is 148 g/mol. The number of carbonyl (C=O) groups excluding carboxylic acids is 2. The molecule has 6 nitrogen and oxygen atoms in total. The molecule has 0 fully saturated rings. The molecular formula is C2H4N2O4Si. The first-order chi connectivity index (χ1) is 4.13. The van der Waals surface area contributed by atoms with Gasteiger partial charge < -0.3 is 20.3 Å². The first-order valence-electron chi connectivity index (χ1n) is 1.80. The lowest BCUT2D eigenvalue weighted by Gasteiger charge is -1.94. The summed E-state index contributed by atoms with van der Waals surface area (Å²) in [5.41, 5.74) is 8.98. The van der Waals surface area contributed by atoms with Gasteiger partial charge in [-0.2, -0.15) is 0 Å². The van der Waals surface area contributed by atoms with E-state index < -0.39 is 22.2 Å². The fourth-order valence-corrected chi connectivity index (χ4v) is 0.309. The van der Waals surface area contributed by atoms with Gasteiger partial charge in [0, 0.05) is 0 Å². The molecule has 0 spiro atoms. The molecule has 0 aliphatic heterocycles. The van der Waals surface area contributed by atoms with Gasteiger partial charge in [0.25, 0.3) is 0 Å². The molecule has 7 heteroatoms. The van der Waals surface area contributed by atoms with E-state index in [1.165, 1.54) is 0 Å². The Balaban J connectivity index is 3.10. The van der Waals surface area contributed by atoms with Crippen LogP contribution in [0.1, 0.15) is 0 Å². The van der Waals surface area contributed by atoms with Crippen molar-refractivity contribution in [1.29, 1.82) is 0 Å². The fraction of sp³-hybridized carbons (Fsp3) is 0. The maximum Gasteiger partial charge on any atom is 0.617 e. The van der Waals surface area contributed by atoms with Crippen molar-refractivity contribution < 1.29 is 18.4 Å². The number of hydrogen-bond donors (Lipinski definition) is 2. The lowest BCUT2D eigenvalue weighted by atomic mass is 11.3. The molecule has 4 N–H and O–H groups in total. The Bertz CT molecular complexity index is 112. The zero-order valence-corrected chi connectivity index (χ0v) is 5.29. The van der Waals surface area contributed by atoms with Crippen LogP contribution in [0.2, 0.25) is 0 Å². The molecule has 0 saturated carbocycles. The van der Waals surface area contributed by atoms with Gasteiger partial charge >= 0.3 is 22.2 Å². The van der Waals surface area contributed by atoms with E-state index in [2.05, 4.69) is 20.3 Å². The average Bonchev–Trinajstić information content (AvgIpc) is 1.63. The minimum absolute atomic E-state index is 0.756. The van der Waals surface area contributed by atoms with E-state index in [-0.39, 0.29) is 0 Å². The van der Waals surface area contributed by atoms with Crippen molar-refractivity contribution in [2.75, 3.05) is 0 Å². The number of carbonyl (C=O) groups is 2. The number of primary amides is 2. The Morgan fingerprint density at radius 1 is 1.11 bits per heavy atom. The molecule has 0 aromatic heterocycles. The van der Waals surface area contributed by atoms with E-state index in [4.69, 9.17) is 0 Å². The molecule has 0 aromatic rings. The van der Waals surface area contributed by atoms with Gasteiger partial charge in [0.05, 0.1) is 0 Å². The number of amides is 2. The van der Waals surface area contributed by atoms with Crippen molar-refractivity contribution in [3.05, 3.63) is 0 Å². The lowest BCUT2D eigenvalue weighted by Crippen LogP contribution is -2.22. The molecule has 0 aliphatic carbocycles. The predicted molar refractivity (Wildman–Crippen MR) is 27.1 cm³/mol. The van der Waals surface area contributed by atoms with Crippen LogP contribution in [0.25, 0.3) is 0 Å². The summed E-state index contributed by atoms with van der Waals surface area (Å²) in [6.45, 7) is 0.